The molecule has 0 spiro atoms. The van der Waals surface area contributed by atoms with Gasteiger partial charge >= 0.3 is 12.2 Å². The van der Waals surface area contributed by atoms with Gasteiger partial charge in [-0.15, -0.1) is 0 Å². The number of methoxy groups -OCH3 is 1. The van der Waals surface area contributed by atoms with Crippen molar-refractivity contribution in [3.05, 3.63) is 0 Å². The Morgan fingerprint density at radius 3 is 2.44 bits per heavy atom. The standard InChI is InChI=1S/C9H14N2O5/c1-16-7-2-5-3-10(8(12)13)4-6(7)11(5)9(14)15/h5-7H,2-4H2,1H3,(H,12,13)(H,14,15)/t5-,6-,7-/m1/s1. The molecule has 0 aromatic rings. The number of likely N-dealkylation sites (tertiary alicyclic amines) is 1. The molecule has 0 aliphatic carbocycles. The lowest BCUT2D eigenvalue weighted by atomic mass is 10.1. The Morgan fingerprint density at radius 1 is 1.25 bits per heavy atom. The van der Waals surface area contributed by atoms with Crippen LogP contribution in [-0.2, 0) is 4.74 Å². The van der Waals surface area contributed by atoms with E-state index >= 15 is 0 Å². The van der Waals surface area contributed by atoms with Gasteiger partial charge in [-0.3, -0.25) is 4.90 Å². The van der Waals surface area contributed by atoms with E-state index < -0.39 is 12.2 Å². The minimum atomic E-state index is -1.00. The number of piperazine rings is 1. The zero-order valence-corrected chi connectivity index (χ0v) is 8.87. The van der Waals surface area contributed by atoms with Crippen LogP contribution < -0.4 is 0 Å². The highest BCUT2D eigenvalue weighted by Crippen LogP contribution is 2.32. The summed E-state index contributed by atoms with van der Waals surface area (Å²) in [5, 5.41) is 18.0. The molecule has 0 radical (unpaired) electrons. The molecule has 2 aliphatic rings. The Labute approximate surface area is 92.2 Å². The molecule has 90 valence electrons. The highest BCUT2D eigenvalue weighted by Gasteiger charge is 2.49. The van der Waals surface area contributed by atoms with E-state index in [1.165, 1.54) is 16.9 Å². The number of rotatable bonds is 1. The molecule has 2 amide bonds. The topological polar surface area (TPSA) is 90.3 Å². The molecule has 2 rings (SSSR count). The number of amides is 2. The number of ether oxygens (including phenoxy) is 1. The van der Waals surface area contributed by atoms with Crippen LogP contribution in [0.15, 0.2) is 0 Å². The lowest BCUT2D eigenvalue weighted by Gasteiger charge is -2.38. The number of hydrogen-bond donors (Lipinski definition) is 2. The van der Waals surface area contributed by atoms with E-state index in [-0.39, 0.29) is 31.3 Å². The van der Waals surface area contributed by atoms with Crippen molar-refractivity contribution in [2.75, 3.05) is 20.2 Å². The first-order valence-electron chi connectivity index (χ1n) is 5.06. The van der Waals surface area contributed by atoms with Crippen LogP contribution in [0.1, 0.15) is 6.42 Å². The summed E-state index contributed by atoms with van der Waals surface area (Å²) in [5.74, 6) is 0. The van der Waals surface area contributed by atoms with Crippen molar-refractivity contribution in [3.8, 4) is 0 Å². The van der Waals surface area contributed by atoms with Crippen molar-refractivity contribution in [1.29, 1.82) is 0 Å². The van der Waals surface area contributed by atoms with Crippen LogP contribution >= 0.6 is 0 Å². The average molecular weight is 230 g/mol. The molecule has 7 heteroatoms. The highest BCUT2D eigenvalue weighted by atomic mass is 16.5. The summed E-state index contributed by atoms with van der Waals surface area (Å²) in [7, 11) is 1.52. The van der Waals surface area contributed by atoms with Crippen molar-refractivity contribution < 1.29 is 24.5 Å². The van der Waals surface area contributed by atoms with Gasteiger partial charge in [-0.05, 0) is 6.42 Å². The SMILES string of the molecule is CO[C@@H]1C[C@@H]2CN(C(=O)O)C[C@H]1N2C(=O)O. The van der Waals surface area contributed by atoms with Crippen molar-refractivity contribution in [2.45, 2.75) is 24.6 Å². The molecule has 0 saturated carbocycles. The van der Waals surface area contributed by atoms with Crippen LogP contribution in [-0.4, -0.2) is 70.6 Å². The van der Waals surface area contributed by atoms with Gasteiger partial charge in [0.25, 0.3) is 0 Å². The third-order valence-electron chi connectivity index (χ3n) is 3.32. The van der Waals surface area contributed by atoms with Gasteiger partial charge in [0, 0.05) is 20.2 Å². The molecule has 2 N–H and O–H groups in total. The minimum absolute atomic E-state index is 0.191. The number of hydrogen-bond acceptors (Lipinski definition) is 3. The maximum atomic E-state index is 11.1. The van der Waals surface area contributed by atoms with Crippen LogP contribution in [0.3, 0.4) is 0 Å². The Kier molecular flexibility index (Phi) is 2.63. The molecule has 2 saturated heterocycles. The number of carboxylic acid groups (broad SMARTS) is 2. The Hall–Kier alpha value is -1.50. The van der Waals surface area contributed by atoms with E-state index in [1.807, 2.05) is 0 Å². The average Bonchev–Trinajstić information content (AvgIpc) is 2.45. The predicted octanol–water partition coefficient (Wildman–Crippen LogP) is 0.116. The van der Waals surface area contributed by atoms with Crippen molar-refractivity contribution >= 4 is 12.2 Å². The molecule has 16 heavy (non-hydrogen) atoms. The van der Waals surface area contributed by atoms with Gasteiger partial charge in [-0.1, -0.05) is 0 Å². The largest absolute Gasteiger partial charge is 0.465 e. The van der Waals surface area contributed by atoms with Crippen molar-refractivity contribution in [2.24, 2.45) is 0 Å². The summed E-state index contributed by atoms with van der Waals surface area (Å²) in [6.07, 6.45) is -1.64. The third kappa shape index (κ3) is 1.57. The van der Waals surface area contributed by atoms with Crippen LogP contribution in [0.5, 0.6) is 0 Å². The summed E-state index contributed by atoms with van der Waals surface area (Å²) in [6.45, 7) is 0.425. The molecular weight excluding hydrogens is 216 g/mol. The van der Waals surface area contributed by atoms with E-state index in [9.17, 15) is 9.59 Å². The van der Waals surface area contributed by atoms with Crippen molar-refractivity contribution in [3.63, 3.8) is 0 Å². The smallest absolute Gasteiger partial charge is 0.408 e. The van der Waals surface area contributed by atoms with Crippen LogP contribution in [0.2, 0.25) is 0 Å². The molecule has 0 aromatic carbocycles. The van der Waals surface area contributed by atoms with E-state index in [0.29, 0.717) is 6.42 Å². The number of nitrogens with zero attached hydrogens (tertiary/aromatic N) is 2. The molecule has 2 aliphatic heterocycles. The van der Waals surface area contributed by atoms with Crippen molar-refractivity contribution in [1.82, 2.24) is 9.80 Å². The quantitative estimate of drug-likeness (QED) is 0.667. The zero-order valence-electron chi connectivity index (χ0n) is 8.87. The summed E-state index contributed by atoms with van der Waals surface area (Å²) >= 11 is 0. The van der Waals surface area contributed by atoms with Gasteiger partial charge in [0.1, 0.15) is 0 Å². The maximum Gasteiger partial charge on any atom is 0.408 e. The first kappa shape index (κ1) is 11.0. The van der Waals surface area contributed by atoms with Crippen LogP contribution in [0.4, 0.5) is 9.59 Å². The fraction of sp³-hybridized carbons (Fsp3) is 0.778. The summed E-state index contributed by atoms with van der Waals surface area (Å²) in [5.41, 5.74) is 0. The first-order valence-corrected chi connectivity index (χ1v) is 5.06. The zero-order chi connectivity index (χ0) is 11.9. The van der Waals surface area contributed by atoms with E-state index in [2.05, 4.69) is 0 Å². The fourth-order valence-corrected chi connectivity index (χ4v) is 2.62. The third-order valence-corrected chi connectivity index (χ3v) is 3.32. The number of carbonyl (C=O) groups is 2. The minimum Gasteiger partial charge on any atom is -0.465 e. The summed E-state index contributed by atoms with van der Waals surface area (Å²) in [6, 6.07) is -0.658. The van der Waals surface area contributed by atoms with Crippen LogP contribution in [0, 0.1) is 0 Å². The Morgan fingerprint density at radius 2 is 1.94 bits per heavy atom. The van der Waals surface area contributed by atoms with E-state index in [4.69, 9.17) is 14.9 Å². The first-order chi connectivity index (χ1) is 7.54. The summed E-state index contributed by atoms with van der Waals surface area (Å²) < 4.78 is 5.21. The number of fused-ring (bicyclic) bond motifs is 2. The highest BCUT2D eigenvalue weighted by molar-refractivity contribution is 5.69. The monoisotopic (exact) mass is 230 g/mol. The molecule has 2 heterocycles. The normalized spacial score (nSPS) is 32.9. The van der Waals surface area contributed by atoms with Crippen LogP contribution in [0.25, 0.3) is 0 Å². The Bertz CT molecular complexity index is 321. The summed E-state index contributed by atoms with van der Waals surface area (Å²) in [4.78, 5) is 24.5. The molecule has 2 fully saturated rings. The van der Waals surface area contributed by atoms with Gasteiger partial charge in [-0.25, -0.2) is 9.59 Å². The molecule has 0 aromatic heterocycles. The second-order valence-electron chi connectivity index (χ2n) is 4.11. The van der Waals surface area contributed by atoms with Gasteiger partial charge < -0.3 is 19.8 Å². The maximum absolute atomic E-state index is 11.1. The fourth-order valence-electron chi connectivity index (χ4n) is 2.62. The van der Waals surface area contributed by atoms with E-state index in [1.54, 1.807) is 0 Å². The van der Waals surface area contributed by atoms with Gasteiger partial charge in [0.15, 0.2) is 0 Å². The molecule has 7 nitrogen and oxygen atoms in total. The molecule has 3 atom stereocenters. The van der Waals surface area contributed by atoms with Gasteiger partial charge in [0.05, 0.1) is 18.2 Å². The van der Waals surface area contributed by atoms with E-state index in [0.717, 1.165) is 0 Å². The lowest BCUT2D eigenvalue weighted by molar-refractivity contribution is 0.0260. The second-order valence-corrected chi connectivity index (χ2v) is 4.11. The second kappa shape index (κ2) is 3.82. The molecular formula is C9H14N2O5. The van der Waals surface area contributed by atoms with Gasteiger partial charge in [0.2, 0.25) is 0 Å². The van der Waals surface area contributed by atoms with Gasteiger partial charge in [-0.2, -0.15) is 0 Å². The lowest BCUT2D eigenvalue weighted by Crippen LogP contribution is -2.58. The Balaban J connectivity index is 2.19. The molecule has 0 unspecified atom stereocenters. The molecule has 2 bridgehead atoms. The predicted molar refractivity (Wildman–Crippen MR) is 52.5 cm³/mol.